The molecule has 0 aliphatic heterocycles. The van der Waals surface area contributed by atoms with Crippen LogP contribution in [0.5, 0.6) is 0 Å². The van der Waals surface area contributed by atoms with Crippen molar-refractivity contribution in [2.75, 3.05) is 11.9 Å². The lowest BCUT2D eigenvalue weighted by Gasteiger charge is -2.31. The number of carbonyl (C=O) groups is 1. The molecule has 0 atom stereocenters. The van der Waals surface area contributed by atoms with E-state index in [2.05, 4.69) is 9.97 Å². The summed E-state index contributed by atoms with van der Waals surface area (Å²) < 4.78 is 0. The predicted octanol–water partition coefficient (Wildman–Crippen LogP) is 2.60. The zero-order valence-electron chi connectivity index (χ0n) is 10.3. The van der Waals surface area contributed by atoms with E-state index in [0.717, 1.165) is 12.8 Å². The smallest absolute Gasteiger partial charge is 0.356 e. The zero-order valence-corrected chi connectivity index (χ0v) is 11.0. The first-order valence-electron chi connectivity index (χ1n) is 6.08. The molecule has 2 rings (SSSR count). The number of hydrogen-bond acceptors (Lipinski definition) is 4. The number of halogens is 1. The first kappa shape index (κ1) is 13.1. The first-order valence-corrected chi connectivity index (χ1v) is 6.46. The van der Waals surface area contributed by atoms with Crippen LogP contribution in [0.2, 0.25) is 5.02 Å². The number of anilines is 1. The molecule has 6 heteroatoms. The highest BCUT2D eigenvalue weighted by molar-refractivity contribution is 6.33. The van der Waals surface area contributed by atoms with Gasteiger partial charge in [-0.05, 0) is 12.8 Å². The summed E-state index contributed by atoms with van der Waals surface area (Å²) in [4.78, 5) is 21.1. The second kappa shape index (κ2) is 5.52. The summed E-state index contributed by atoms with van der Waals surface area (Å²) in [5.41, 5.74) is -0.135. The number of hydrogen-bond donors (Lipinski definition) is 1. The Morgan fingerprint density at radius 2 is 2.11 bits per heavy atom. The molecule has 0 spiro atoms. The highest BCUT2D eigenvalue weighted by Crippen LogP contribution is 2.25. The number of carboxylic acid groups (broad SMARTS) is 1. The molecule has 0 saturated heterocycles. The summed E-state index contributed by atoms with van der Waals surface area (Å²) in [7, 11) is 1.91. The summed E-state index contributed by atoms with van der Waals surface area (Å²) >= 11 is 5.76. The minimum absolute atomic E-state index is 0.0725. The minimum atomic E-state index is -1.12. The van der Waals surface area contributed by atoms with E-state index in [4.69, 9.17) is 16.7 Å². The van der Waals surface area contributed by atoms with Gasteiger partial charge in [-0.3, -0.25) is 0 Å². The van der Waals surface area contributed by atoms with Gasteiger partial charge in [0.15, 0.2) is 5.69 Å². The van der Waals surface area contributed by atoms with Gasteiger partial charge in [-0.2, -0.15) is 0 Å². The van der Waals surface area contributed by atoms with E-state index >= 15 is 0 Å². The normalized spacial score (nSPS) is 16.6. The molecule has 18 heavy (non-hydrogen) atoms. The maximum absolute atomic E-state index is 11.0. The fourth-order valence-corrected chi connectivity index (χ4v) is 2.48. The van der Waals surface area contributed by atoms with Crippen molar-refractivity contribution in [2.45, 2.75) is 38.1 Å². The molecule has 1 saturated carbocycles. The summed E-state index contributed by atoms with van der Waals surface area (Å²) in [6.07, 6.45) is 7.23. The van der Waals surface area contributed by atoms with E-state index < -0.39 is 5.97 Å². The number of carboxylic acids is 1. The van der Waals surface area contributed by atoms with E-state index in [1.807, 2.05) is 11.9 Å². The third kappa shape index (κ3) is 2.72. The maximum atomic E-state index is 11.0. The lowest BCUT2D eigenvalue weighted by atomic mass is 9.95. The topological polar surface area (TPSA) is 66.3 Å². The van der Waals surface area contributed by atoms with Crippen LogP contribution < -0.4 is 4.90 Å². The first-order chi connectivity index (χ1) is 8.59. The van der Waals surface area contributed by atoms with Crippen LogP contribution in [0, 0.1) is 0 Å². The second-order valence-electron chi connectivity index (χ2n) is 4.57. The van der Waals surface area contributed by atoms with Crippen LogP contribution in [0.25, 0.3) is 0 Å². The van der Waals surface area contributed by atoms with Gasteiger partial charge < -0.3 is 10.0 Å². The monoisotopic (exact) mass is 269 g/mol. The van der Waals surface area contributed by atoms with E-state index in [1.54, 1.807) is 0 Å². The van der Waals surface area contributed by atoms with Crippen molar-refractivity contribution in [3.05, 3.63) is 16.9 Å². The standard InChI is InChI=1S/C12H16ClN3O2/c1-16(8-5-3-2-4-6-8)12-14-7-9(13)10(15-12)11(17)18/h7-8H,2-6H2,1H3,(H,17,18). The van der Waals surface area contributed by atoms with Crippen LogP contribution in [0.3, 0.4) is 0 Å². The van der Waals surface area contributed by atoms with Crippen molar-refractivity contribution in [1.82, 2.24) is 9.97 Å². The molecule has 0 aromatic carbocycles. The summed E-state index contributed by atoms with van der Waals surface area (Å²) in [5.74, 6) is -0.690. The molecule has 1 aliphatic carbocycles. The summed E-state index contributed by atoms with van der Waals surface area (Å²) in [6, 6.07) is 0.390. The molecule has 98 valence electrons. The van der Waals surface area contributed by atoms with Crippen LogP contribution in [0.4, 0.5) is 5.95 Å². The Bertz CT molecular complexity index is 447. The van der Waals surface area contributed by atoms with Gasteiger partial charge in [0.05, 0.1) is 11.2 Å². The van der Waals surface area contributed by atoms with Crippen molar-refractivity contribution < 1.29 is 9.90 Å². The SMILES string of the molecule is CN(c1ncc(Cl)c(C(=O)O)n1)C1CCCCC1. The second-order valence-corrected chi connectivity index (χ2v) is 4.98. The summed E-state index contributed by atoms with van der Waals surface area (Å²) in [5, 5.41) is 9.06. The third-order valence-corrected chi connectivity index (χ3v) is 3.65. The average Bonchev–Trinajstić information content (AvgIpc) is 2.39. The molecule has 1 aromatic rings. The van der Waals surface area contributed by atoms with E-state index in [1.165, 1.54) is 25.5 Å². The Hall–Kier alpha value is -1.36. The lowest BCUT2D eigenvalue weighted by Crippen LogP contribution is -2.34. The highest BCUT2D eigenvalue weighted by atomic mass is 35.5. The van der Waals surface area contributed by atoms with Gasteiger partial charge in [0.25, 0.3) is 0 Å². The third-order valence-electron chi connectivity index (χ3n) is 3.37. The van der Waals surface area contributed by atoms with Crippen LogP contribution in [0.1, 0.15) is 42.6 Å². The molecule has 0 bridgehead atoms. The van der Waals surface area contributed by atoms with Crippen molar-refractivity contribution in [2.24, 2.45) is 0 Å². The van der Waals surface area contributed by atoms with Crippen LogP contribution in [-0.2, 0) is 0 Å². The Labute approximate surface area is 111 Å². The van der Waals surface area contributed by atoms with Gasteiger partial charge in [-0.25, -0.2) is 14.8 Å². The number of aromatic nitrogens is 2. The molecular weight excluding hydrogens is 254 g/mol. The summed E-state index contributed by atoms with van der Waals surface area (Å²) in [6.45, 7) is 0. The molecule has 1 heterocycles. The molecule has 1 aromatic heterocycles. The van der Waals surface area contributed by atoms with Crippen molar-refractivity contribution in [3.63, 3.8) is 0 Å². The van der Waals surface area contributed by atoms with Crippen LogP contribution >= 0.6 is 11.6 Å². The van der Waals surface area contributed by atoms with Gasteiger partial charge in [0.1, 0.15) is 0 Å². The van der Waals surface area contributed by atoms with Gasteiger partial charge in [0, 0.05) is 13.1 Å². The van der Waals surface area contributed by atoms with Crippen molar-refractivity contribution >= 4 is 23.5 Å². The van der Waals surface area contributed by atoms with Gasteiger partial charge >= 0.3 is 5.97 Å². The Morgan fingerprint density at radius 1 is 1.44 bits per heavy atom. The Morgan fingerprint density at radius 3 is 2.72 bits per heavy atom. The highest BCUT2D eigenvalue weighted by Gasteiger charge is 2.22. The van der Waals surface area contributed by atoms with Gasteiger partial charge in [0.2, 0.25) is 5.95 Å². The fraction of sp³-hybridized carbons (Fsp3) is 0.583. The van der Waals surface area contributed by atoms with Crippen molar-refractivity contribution in [1.29, 1.82) is 0 Å². The molecule has 0 radical (unpaired) electrons. The fourth-order valence-electron chi connectivity index (χ4n) is 2.31. The lowest BCUT2D eigenvalue weighted by molar-refractivity contribution is 0.0690. The zero-order chi connectivity index (χ0) is 13.1. The molecule has 1 N–H and O–H groups in total. The van der Waals surface area contributed by atoms with Crippen molar-refractivity contribution in [3.8, 4) is 0 Å². The van der Waals surface area contributed by atoms with E-state index in [-0.39, 0.29) is 10.7 Å². The molecule has 1 aliphatic rings. The molecule has 5 nitrogen and oxygen atoms in total. The quantitative estimate of drug-likeness (QED) is 0.914. The number of rotatable bonds is 3. The van der Waals surface area contributed by atoms with Gasteiger partial charge in [-0.15, -0.1) is 0 Å². The van der Waals surface area contributed by atoms with Gasteiger partial charge in [-0.1, -0.05) is 30.9 Å². The minimum Gasteiger partial charge on any atom is -0.476 e. The predicted molar refractivity (Wildman–Crippen MR) is 69.3 cm³/mol. The molecule has 0 amide bonds. The Balaban J connectivity index is 2.21. The number of nitrogens with zero attached hydrogens (tertiary/aromatic N) is 3. The van der Waals surface area contributed by atoms with E-state index in [0.29, 0.717) is 12.0 Å². The molecular formula is C12H16ClN3O2. The maximum Gasteiger partial charge on any atom is 0.356 e. The largest absolute Gasteiger partial charge is 0.476 e. The molecule has 1 fully saturated rings. The number of aromatic carboxylic acids is 1. The Kier molecular flexibility index (Phi) is 4.01. The molecule has 0 unspecified atom stereocenters. The van der Waals surface area contributed by atoms with Crippen LogP contribution in [-0.4, -0.2) is 34.1 Å². The van der Waals surface area contributed by atoms with Crippen LogP contribution in [0.15, 0.2) is 6.20 Å². The average molecular weight is 270 g/mol. The van der Waals surface area contributed by atoms with E-state index in [9.17, 15) is 4.79 Å².